The predicted molar refractivity (Wildman–Crippen MR) is 73.2 cm³/mol. The van der Waals surface area contributed by atoms with E-state index in [1.165, 1.54) is 11.3 Å². The summed E-state index contributed by atoms with van der Waals surface area (Å²) in [6.45, 7) is -0.0429. The number of amides is 3. The molecule has 1 aliphatic carbocycles. The van der Waals surface area contributed by atoms with Gasteiger partial charge in [0.1, 0.15) is 6.54 Å². The van der Waals surface area contributed by atoms with Gasteiger partial charge < -0.3 is 4.90 Å². The van der Waals surface area contributed by atoms with Crippen molar-refractivity contribution in [2.75, 3.05) is 13.1 Å². The Kier molecular flexibility index (Phi) is 3.18. The summed E-state index contributed by atoms with van der Waals surface area (Å²) in [6.07, 6.45) is 1.91. The summed E-state index contributed by atoms with van der Waals surface area (Å²) in [4.78, 5) is 39.1. The standard InChI is InChI=1S/C12H11BrN2O3S/c13-10-4-3-9(19-10)8(16)5-15-11(17)6-14(12(15)18)7-1-2-7/h3-4,7H,1-2,5-6H2. The van der Waals surface area contributed by atoms with Crippen molar-refractivity contribution in [2.24, 2.45) is 0 Å². The number of carbonyl (C=O) groups is 3. The minimum Gasteiger partial charge on any atom is -0.312 e. The fraction of sp³-hybridized carbons (Fsp3) is 0.417. The van der Waals surface area contributed by atoms with Crippen LogP contribution in [0.2, 0.25) is 0 Å². The number of urea groups is 1. The van der Waals surface area contributed by atoms with Crippen LogP contribution >= 0.6 is 27.3 Å². The molecule has 5 nitrogen and oxygen atoms in total. The maximum Gasteiger partial charge on any atom is 0.327 e. The van der Waals surface area contributed by atoms with Gasteiger partial charge >= 0.3 is 6.03 Å². The lowest BCUT2D eigenvalue weighted by Crippen LogP contribution is -2.37. The molecule has 2 aliphatic rings. The van der Waals surface area contributed by atoms with E-state index in [1.807, 2.05) is 0 Å². The summed E-state index contributed by atoms with van der Waals surface area (Å²) in [7, 11) is 0. The minimum absolute atomic E-state index is 0.116. The second-order valence-corrected chi connectivity index (χ2v) is 7.11. The quantitative estimate of drug-likeness (QED) is 0.622. The molecule has 100 valence electrons. The van der Waals surface area contributed by atoms with Crippen LogP contribution in [0, 0.1) is 0 Å². The molecule has 0 N–H and O–H groups in total. The van der Waals surface area contributed by atoms with E-state index in [1.54, 1.807) is 17.0 Å². The van der Waals surface area contributed by atoms with Crippen LogP contribution in [0.3, 0.4) is 0 Å². The summed E-state index contributed by atoms with van der Waals surface area (Å²) in [5.41, 5.74) is 0. The van der Waals surface area contributed by atoms with Crippen LogP contribution in [-0.2, 0) is 4.79 Å². The number of Topliss-reactive ketones (excluding diaryl/α,β-unsaturated/α-hetero) is 1. The number of nitrogens with zero attached hydrogens (tertiary/aromatic N) is 2. The largest absolute Gasteiger partial charge is 0.327 e. The smallest absolute Gasteiger partial charge is 0.312 e. The Labute approximate surface area is 122 Å². The summed E-state index contributed by atoms with van der Waals surface area (Å²) in [5.74, 6) is -0.476. The summed E-state index contributed by atoms with van der Waals surface area (Å²) in [6, 6.07) is 3.35. The Bertz CT molecular complexity index is 567. The third-order valence-corrected chi connectivity index (χ3v) is 4.89. The van der Waals surface area contributed by atoms with E-state index >= 15 is 0 Å². The van der Waals surface area contributed by atoms with Gasteiger partial charge in [0.15, 0.2) is 5.78 Å². The molecule has 3 rings (SSSR count). The monoisotopic (exact) mass is 342 g/mol. The van der Waals surface area contributed by atoms with Crippen LogP contribution in [0.25, 0.3) is 0 Å². The van der Waals surface area contributed by atoms with Crippen molar-refractivity contribution < 1.29 is 14.4 Å². The predicted octanol–water partition coefficient (Wildman–Crippen LogP) is 2.12. The van der Waals surface area contributed by atoms with Crippen LogP contribution in [0.5, 0.6) is 0 Å². The van der Waals surface area contributed by atoms with E-state index in [-0.39, 0.29) is 36.9 Å². The van der Waals surface area contributed by atoms with Gasteiger partial charge in [-0.3, -0.25) is 14.5 Å². The molecule has 0 spiro atoms. The minimum atomic E-state index is -0.323. The fourth-order valence-electron chi connectivity index (χ4n) is 2.07. The molecule has 0 unspecified atom stereocenters. The Morgan fingerprint density at radius 1 is 1.37 bits per heavy atom. The molecule has 0 bridgehead atoms. The number of halogens is 1. The molecule has 3 amide bonds. The molecule has 0 atom stereocenters. The lowest BCUT2D eigenvalue weighted by Gasteiger charge is -2.15. The Balaban J connectivity index is 1.70. The van der Waals surface area contributed by atoms with Crippen molar-refractivity contribution in [1.29, 1.82) is 0 Å². The first-order chi connectivity index (χ1) is 9.06. The van der Waals surface area contributed by atoms with Crippen LogP contribution in [0.4, 0.5) is 4.79 Å². The van der Waals surface area contributed by atoms with E-state index in [4.69, 9.17) is 0 Å². The number of carbonyl (C=O) groups excluding carboxylic acids is 3. The number of hydrogen-bond donors (Lipinski definition) is 0. The summed E-state index contributed by atoms with van der Waals surface area (Å²) < 4.78 is 0.856. The maximum absolute atomic E-state index is 12.0. The van der Waals surface area contributed by atoms with Gasteiger partial charge in [0.2, 0.25) is 0 Å². The van der Waals surface area contributed by atoms with E-state index in [0.29, 0.717) is 4.88 Å². The van der Waals surface area contributed by atoms with Crippen LogP contribution in [0.15, 0.2) is 15.9 Å². The summed E-state index contributed by atoms with van der Waals surface area (Å²) >= 11 is 4.59. The summed E-state index contributed by atoms with van der Waals surface area (Å²) in [5, 5.41) is 0. The Hall–Kier alpha value is -1.21. The molecule has 1 saturated carbocycles. The van der Waals surface area contributed by atoms with Gasteiger partial charge in [-0.15, -0.1) is 11.3 Å². The zero-order valence-electron chi connectivity index (χ0n) is 9.97. The fourth-order valence-corrected chi connectivity index (χ4v) is 3.39. The molecule has 19 heavy (non-hydrogen) atoms. The van der Waals surface area contributed by atoms with Gasteiger partial charge in [-0.25, -0.2) is 4.79 Å². The molecule has 7 heteroatoms. The number of imide groups is 1. The van der Waals surface area contributed by atoms with E-state index < -0.39 is 0 Å². The number of rotatable bonds is 4. The van der Waals surface area contributed by atoms with Crippen molar-refractivity contribution in [1.82, 2.24) is 9.80 Å². The molecule has 0 radical (unpaired) electrons. The van der Waals surface area contributed by atoms with Gasteiger partial charge in [-0.05, 0) is 40.9 Å². The number of ketones is 1. The first-order valence-electron chi connectivity index (χ1n) is 5.96. The average molecular weight is 343 g/mol. The van der Waals surface area contributed by atoms with Crippen molar-refractivity contribution >= 4 is 45.0 Å². The lowest BCUT2D eigenvalue weighted by molar-refractivity contribution is -0.125. The first-order valence-corrected chi connectivity index (χ1v) is 7.56. The molecule has 0 aromatic carbocycles. The van der Waals surface area contributed by atoms with E-state index in [2.05, 4.69) is 15.9 Å². The highest BCUT2D eigenvalue weighted by Crippen LogP contribution is 2.30. The lowest BCUT2D eigenvalue weighted by atomic mass is 10.3. The van der Waals surface area contributed by atoms with Gasteiger partial charge in [0, 0.05) is 6.04 Å². The average Bonchev–Trinajstić information content (AvgIpc) is 3.07. The third-order valence-electron chi connectivity index (χ3n) is 3.22. The van der Waals surface area contributed by atoms with Crippen LogP contribution in [-0.4, -0.2) is 46.7 Å². The van der Waals surface area contributed by atoms with Gasteiger partial charge in [0.05, 0.1) is 15.2 Å². The van der Waals surface area contributed by atoms with Crippen molar-refractivity contribution in [3.63, 3.8) is 0 Å². The number of thiophene rings is 1. The Morgan fingerprint density at radius 2 is 2.11 bits per heavy atom. The number of hydrogen-bond acceptors (Lipinski definition) is 4. The topological polar surface area (TPSA) is 57.7 Å². The zero-order valence-corrected chi connectivity index (χ0v) is 12.4. The van der Waals surface area contributed by atoms with Crippen molar-refractivity contribution in [3.8, 4) is 0 Å². The molecule has 1 aromatic rings. The SMILES string of the molecule is O=C(CN1C(=O)CN(C2CC2)C1=O)c1ccc(Br)s1. The van der Waals surface area contributed by atoms with Gasteiger partial charge in [0.25, 0.3) is 5.91 Å². The highest BCUT2D eigenvalue weighted by molar-refractivity contribution is 9.11. The molecule has 1 aromatic heterocycles. The second kappa shape index (κ2) is 4.72. The van der Waals surface area contributed by atoms with Crippen molar-refractivity contribution in [3.05, 3.63) is 20.8 Å². The van der Waals surface area contributed by atoms with E-state index in [9.17, 15) is 14.4 Å². The molecular weight excluding hydrogens is 332 g/mol. The van der Waals surface area contributed by atoms with Gasteiger partial charge in [-0.2, -0.15) is 0 Å². The molecule has 2 heterocycles. The third kappa shape index (κ3) is 2.44. The highest BCUT2D eigenvalue weighted by atomic mass is 79.9. The molecule has 2 fully saturated rings. The van der Waals surface area contributed by atoms with Crippen LogP contribution in [0.1, 0.15) is 22.5 Å². The first kappa shape index (κ1) is 12.8. The molecule has 1 saturated heterocycles. The van der Waals surface area contributed by atoms with Crippen molar-refractivity contribution in [2.45, 2.75) is 18.9 Å². The van der Waals surface area contributed by atoms with Crippen LogP contribution < -0.4 is 0 Å². The molecule has 1 aliphatic heterocycles. The highest BCUT2D eigenvalue weighted by Gasteiger charge is 2.44. The second-order valence-electron chi connectivity index (χ2n) is 4.65. The van der Waals surface area contributed by atoms with E-state index in [0.717, 1.165) is 21.5 Å². The normalized spacial score (nSPS) is 19.4. The maximum atomic E-state index is 12.0. The zero-order chi connectivity index (χ0) is 13.6. The Morgan fingerprint density at radius 3 is 2.68 bits per heavy atom. The van der Waals surface area contributed by atoms with Gasteiger partial charge in [-0.1, -0.05) is 0 Å². The molecular formula is C12H11BrN2O3S.